The van der Waals surface area contributed by atoms with Crippen LogP contribution in [0.4, 0.5) is 5.69 Å². The summed E-state index contributed by atoms with van der Waals surface area (Å²) in [6.45, 7) is 6.66. The van der Waals surface area contributed by atoms with Crippen LogP contribution in [0.1, 0.15) is 33.6 Å². The highest BCUT2D eigenvalue weighted by molar-refractivity contribution is 7.13. The quantitative estimate of drug-likeness (QED) is 0.280. The number of ether oxygens (including phenoxy) is 3. The van der Waals surface area contributed by atoms with Crippen LogP contribution < -0.4 is 9.64 Å². The van der Waals surface area contributed by atoms with E-state index in [1.54, 1.807) is 16.2 Å². The van der Waals surface area contributed by atoms with Gasteiger partial charge in [0, 0.05) is 23.1 Å². The van der Waals surface area contributed by atoms with Gasteiger partial charge >= 0.3 is 5.97 Å². The van der Waals surface area contributed by atoms with E-state index in [-0.39, 0.29) is 12.5 Å². The zero-order chi connectivity index (χ0) is 24.8. The molecule has 0 spiro atoms. The molecule has 3 aromatic rings. The van der Waals surface area contributed by atoms with Crippen molar-refractivity contribution in [3.63, 3.8) is 0 Å². The predicted molar refractivity (Wildman–Crippen MR) is 137 cm³/mol. The third-order valence-electron chi connectivity index (χ3n) is 5.84. The van der Waals surface area contributed by atoms with Gasteiger partial charge in [0.15, 0.2) is 6.10 Å². The van der Waals surface area contributed by atoms with E-state index in [9.17, 15) is 9.59 Å². The van der Waals surface area contributed by atoms with Gasteiger partial charge in [-0.3, -0.25) is 9.69 Å². The molecule has 7 nitrogen and oxygen atoms in total. The Balaban J connectivity index is 1.66. The van der Waals surface area contributed by atoms with Crippen molar-refractivity contribution in [3.8, 4) is 27.6 Å². The van der Waals surface area contributed by atoms with Crippen LogP contribution in [0.15, 0.2) is 53.9 Å². The average molecular weight is 495 g/mol. The molecule has 0 saturated carbocycles. The summed E-state index contributed by atoms with van der Waals surface area (Å²) in [7, 11) is 0. The van der Waals surface area contributed by atoms with Gasteiger partial charge in [0.2, 0.25) is 0 Å². The lowest BCUT2D eigenvalue weighted by Crippen LogP contribution is -2.53. The fraction of sp³-hybridized carbons (Fsp3) is 0.370. The largest absolute Gasteiger partial charge is 0.478 e. The molecular weight excluding hydrogens is 464 g/mol. The van der Waals surface area contributed by atoms with E-state index in [1.807, 2.05) is 74.7 Å². The molecule has 2 atom stereocenters. The van der Waals surface area contributed by atoms with E-state index >= 15 is 0 Å². The Bertz CT molecular complexity index is 1160. The lowest BCUT2D eigenvalue weighted by atomic mass is 10.0. The first-order valence-electron chi connectivity index (χ1n) is 12.0. The van der Waals surface area contributed by atoms with Crippen LogP contribution in [0.5, 0.6) is 5.75 Å². The molecule has 184 valence electrons. The molecule has 2 heterocycles. The van der Waals surface area contributed by atoms with Crippen LogP contribution in [0.3, 0.4) is 0 Å². The van der Waals surface area contributed by atoms with E-state index in [0.717, 1.165) is 21.8 Å². The van der Waals surface area contributed by atoms with E-state index in [2.05, 4.69) is 0 Å². The third-order valence-corrected chi connectivity index (χ3v) is 6.73. The fourth-order valence-corrected chi connectivity index (χ4v) is 4.87. The number of fused-ring (bicyclic) bond motifs is 1. The minimum Gasteiger partial charge on any atom is -0.478 e. The minimum absolute atomic E-state index is 0.146. The summed E-state index contributed by atoms with van der Waals surface area (Å²) in [6, 6.07) is 14.9. The van der Waals surface area contributed by atoms with E-state index in [1.165, 1.54) is 0 Å². The van der Waals surface area contributed by atoms with Crippen molar-refractivity contribution in [2.75, 3.05) is 24.7 Å². The van der Waals surface area contributed by atoms with Crippen LogP contribution in [0, 0.1) is 0 Å². The van der Waals surface area contributed by atoms with Crippen molar-refractivity contribution < 1.29 is 23.8 Å². The average Bonchev–Trinajstić information content (AvgIpc) is 3.39. The number of carbonyl (C=O) groups is 2. The number of aromatic nitrogens is 1. The molecule has 0 radical (unpaired) electrons. The van der Waals surface area contributed by atoms with E-state index in [0.29, 0.717) is 37.5 Å². The molecule has 2 unspecified atom stereocenters. The number of nitrogens with zero attached hydrogens (tertiary/aromatic N) is 2. The summed E-state index contributed by atoms with van der Waals surface area (Å²) in [4.78, 5) is 32.7. The molecular formula is C27H30N2O5S. The molecule has 4 rings (SSSR count). The molecule has 8 heteroatoms. The summed E-state index contributed by atoms with van der Waals surface area (Å²) >= 11 is 1.56. The van der Waals surface area contributed by atoms with Crippen LogP contribution >= 0.6 is 11.3 Å². The number of carbonyl (C=O) groups excluding carboxylic acids is 2. The normalized spacial score (nSPS) is 15.9. The number of hydrogen-bond acceptors (Lipinski definition) is 7. The van der Waals surface area contributed by atoms with Crippen molar-refractivity contribution in [1.29, 1.82) is 0 Å². The lowest BCUT2D eigenvalue weighted by Gasteiger charge is -2.37. The highest BCUT2D eigenvalue weighted by Crippen LogP contribution is 2.40. The predicted octanol–water partition coefficient (Wildman–Crippen LogP) is 5.34. The number of thiazole rings is 1. The van der Waals surface area contributed by atoms with Gasteiger partial charge in [-0.25, -0.2) is 9.78 Å². The maximum atomic E-state index is 13.4. The molecule has 35 heavy (non-hydrogen) atoms. The Morgan fingerprint density at radius 2 is 1.91 bits per heavy atom. The standard InChI is InChI=1S/C27H30N2O5S/c1-4-21(27(31)33-15-14-32-6-3)29-22-16-19(12-13-24(22)34-23(5-2)26(29)30)20-17-35-25(28-20)18-10-8-7-9-11-18/h7-13,16-17,21,23H,4-6,14-15H2,1-3H3. The Hall–Kier alpha value is -3.23. The number of rotatable bonds is 10. The van der Waals surface area contributed by atoms with Crippen LogP contribution in [-0.4, -0.2) is 48.8 Å². The maximum absolute atomic E-state index is 13.4. The zero-order valence-electron chi connectivity index (χ0n) is 20.2. The van der Waals surface area contributed by atoms with Crippen molar-refractivity contribution in [2.45, 2.75) is 45.8 Å². The Morgan fingerprint density at radius 1 is 1.11 bits per heavy atom. The number of hydrogen-bond donors (Lipinski definition) is 0. The van der Waals surface area contributed by atoms with Crippen molar-refractivity contribution in [2.24, 2.45) is 0 Å². The van der Waals surface area contributed by atoms with Crippen molar-refractivity contribution >= 4 is 28.9 Å². The molecule has 1 aromatic heterocycles. The monoisotopic (exact) mass is 494 g/mol. The molecule has 0 N–H and O–H groups in total. The highest BCUT2D eigenvalue weighted by atomic mass is 32.1. The summed E-state index contributed by atoms with van der Waals surface area (Å²) in [5.41, 5.74) is 3.25. The van der Waals surface area contributed by atoms with Gasteiger partial charge in [0.1, 0.15) is 23.4 Å². The highest BCUT2D eigenvalue weighted by Gasteiger charge is 2.40. The Morgan fingerprint density at radius 3 is 2.63 bits per heavy atom. The SMILES string of the molecule is CCOCCOC(=O)C(CC)N1C(=O)C(CC)Oc2ccc(-c3csc(-c4ccccc4)n3)cc21. The molecule has 1 amide bonds. The van der Waals surface area contributed by atoms with Crippen molar-refractivity contribution in [1.82, 2.24) is 4.98 Å². The molecule has 0 aliphatic carbocycles. The maximum Gasteiger partial charge on any atom is 0.329 e. The Kier molecular flexibility index (Phi) is 8.15. The van der Waals surface area contributed by atoms with Gasteiger partial charge in [-0.1, -0.05) is 44.2 Å². The second-order valence-corrected chi connectivity index (χ2v) is 8.96. The minimum atomic E-state index is -0.758. The first kappa shape index (κ1) is 24.9. The fourth-order valence-electron chi connectivity index (χ4n) is 4.04. The second-order valence-electron chi connectivity index (χ2n) is 8.10. The lowest BCUT2D eigenvalue weighted by molar-refractivity contribution is -0.148. The zero-order valence-corrected chi connectivity index (χ0v) is 21.0. The Labute approximate surface area is 209 Å². The third kappa shape index (κ3) is 5.39. The number of benzene rings is 2. The topological polar surface area (TPSA) is 78.0 Å². The van der Waals surface area contributed by atoms with Crippen LogP contribution in [0.2, 0.25) is 0 Å². The van der Waals surface area contributed by atoms with Crippen molar-refractivity contribution in [3.05, 3.63) is 53.9 Å². The van der Waals surface area contributed by atoms with Crippen LogP contribution in [-0.2, 0) is 19.1 Å². The van der Waals surface area contributed by atoms with Gasteiger partial charge in [-0.15, -0.1) is 11.3 Å². The second kappa shape index (κ2) is 11.5. The van der Waals surface area contributed by atoms with Gasteiger partial charge in [-0.2, -0.15) is 0 Å². The smallest absolute Gasteiger partial charge is 0.329 e. The molecule has 2 aromatic carbocycles. The molecule has 1 aliphatic heterocycles. The van der Waals surface area contributed by atoms with E-state index in [4.69, 9.17) is 19.2 Å². The van der Waals surface area contributed by atoms with Crippen LogP contribution in [0.25, 0.3) is 21.8 Å². The first-order chi connectivity index (χ1) is 17.1. The summed E-state index contributed by atoms with van der Waals surface area (Å²) in [5.74, 6) is -0.123. The molecule has 1 aliphatic rings. The van der Waals surface area contributed by atoms with Gasteiger partial charge in [0.25, 0.3) is 5.91 Å². The molecule has 0 fully saturated rings. The summed E-state index contributed by atoms with van der Waals surface area (Å²) in [5, 5.41) is 2.91. The number of esters is 1. The van der Waals surface area contributed by atoms with Gasteiger partial charge in [-0.05, 0) is 38.0 Å². The number of amides is 1. The number of anilines is 1. The summed E-state index contributed by atoms with van der Waals surface area (Å²) in [6.07, 6.45) is 0.259. The van der Waals surface area contributed by atoms with E-state index < -0.39 is 18.1 Å². The summed E-state index contributed by atoms with van der Waals surface area (Å²) < 4.78 is 16.7. The van der Waals surface area contributed by atoms with Gasteiger partial charge in [0.05, 0.1) is 18.0 Å². The van der Waals surface area contributed by atoms with Gasteiger partial charge < -0.3 is 14.2 Å². The molecule has 0 bridgehead atoms. The molecule has 0 saturated heterocycles. The first-order valence-corrected chi connectivity index (χ1v) is 12.8.